The number of nitrogens with zero attached hydrogens (tertiary/aromatic N) is 1. The van der Waals surface area contributed by atoms with Crippen LogP contribution in [0.4, 0.5) is 0 Å². The van der Waals surface area contributed by atoms with Crippen LogP contribution >= 0.6 is 0 Å². The normalized spacial score (nSPS) is 12.5. The van der Waals surface area contributed by atoms with E-state index < -0.39 is 6.10 Å². The van der Waals surface area contributed by atoms with Gasteiger partial charge in [0.15, 0.2) is 0 Å². The molecule has 4 nitrogen and oxygen atoms in total. The fraction of sp³-hybridized carbons (Fsp3) is 0.176. The molecule has 3 aromatic rings. The molecular weight excluding hydrogens is 264 g/mol. The largest absolute Gasteiger partial charge is 0.389 e. The first-order chi connectivity index (χ1) is 10.0. The van der Waals surface area contributed by atoms with Crippen LogP contribution < -0.4 is 5.56 Å². The van der Waals surface area contributed by atoms with Gasteiger partial charge in [-0.25, -0.2) is 4.98 Å². The highest BCUT2D eigenvalue weighted by molar-refractivity contribution is 5.85. The summed E-state index contributed by atoms with van der Waals surface area (Å²) in [5.41, 5.74) is 4.33. The number of aliphatic hydroxyl groups is 1. The Balaban J connectivity index is 2.20. The number of rotatable bonds is 2. The van der Waals surface area contributed by atoms with Crippen molar-refractivity contribution >= 4 is 10.9 Å². The third kappa shape index (κ3) is 2.58. The number of aromatic nitrogens is 2. The van der Waals surface area contributed by atoms with E-state index in [2.05, 4.69) is 9.97 Å². The number of hydrogen-bond donors (Lipinski definition) is 2. The van der Waals surface area contributed by atoms with E-state index in [9.17, 15) is 9.90 Å². The van der Waals surface area contributed by atoms with Crippen molar-refractivity contribution in [3.8, 4) is 11.3 Å². The van der Waals surface area contributed by atoms with E-state index in [0.717, 1.165) is 33.3 Å². The summed E-state index contributed by atoms with van der Waals surface area (Å²) in [7, 11) is 0. The van der Waals surface area contributed by atoms with Crippen LogP contribution in [0.3, 0.4) is 0 Å². The van der Waals surface area contributed by atoms with Crippen molar-refractivity contribution in [2.75, 3.05) is 0 Å². The second kappa shape index (κ2) is 5.14. The number of benzene rings is 1. The number of aryl methyl sites for hydroxylation is 1. The molecule has 0 fully saturated rings. The first-order valence-electron chi connectivity index (χ1n) is 6.83. The topological polar surface area (TPSA) is 66.0 Å². The van der Waals surface area contributed by atoms with E-state index in [1.54, 1.807) is 19.2 Å². The van der Waals surface area contributed by atoms with Crippen molar-refractivity contribution in [2.45, 2.75) is 20.0 Å². The van der Waals surface area contributed by atoms with Gasteiger partial charge in [-0.05, 0) is 43.2 Å². The first kappa shape index (κ1) is 13.5. The van der Waals surface area contributed by atoms with Gasteiger partial charge >= 0.3 is 0 Å². The molecule has 0 saturated carbocycles. The molecule has 0 spiro atoms. The standard InChI is InChI=1S/C17H16N2O2/c1-10-7-15(13-4-6-17(21)18-9-13)19-16-8-12(11(2)20)3-5-14(10)16/h3-9,11,20H,1-2H3,(H,18,21). The van der Waals surface area contributed by atoms with Crippen LogP contribution in [-0.4, -0.2) is 15.1 Å². The van der Waals surface area contributed by atoms with Crippen LogP contribution in [0.25, 0.3) is 22.2 Å². The number of hydrogen-bond acceptors (Lipinski definition) is 3. The SMILES string of the molecule is Cc1cc(-c2ccc(=O)[nH]c2)nc2cc(C(C)O)ccc12. The van der Waals surface area contributed by atoms with Crippen LogP contribution in [0, 0.1) is 6.92 Å². The van der Waals surface area contributed by atoms with Crippen LogP contribution in [0.2, 0.25) is 0 Å². The Morgan fingerprint density at radius 3 is 2.67 bits per heavy atom. The first-order valence-corrected chi connectivity index (χ1v) is 6.83. The van der Waals surface area contributed by atoms with Crippen molar-refractivity contribution in [1.82, 2.24) is 9.97 Å². The zero-order chi connectivity index (χ0) is 15.0. The van der Waals surface area contributed by atoms with Gasteiger partial charge in [0.2, 0.25) is 5.56 Å². The number of aromatic amines is 1. The van der Waals surface area contributed by atoms with Crippen LogP contribution in [0.1, 0.15) is 24.2 Å². The Hall–Kier alpha value is -2.46. The predicted octanol–water partition coefficient (Wildman–Crippen LogP) is 2.95. The number of aliphatic hydroxyl groups excluding tert-OH is 1. The number of nitrogens with one attached hydrogen (secondary N) is 1. The van der Waals surface area contributed by atoms with Crippen molar-refractivity contribution in [1.29, 1.82) is 0 Å². The molecule has 0 amide bonds. The molecule has 2 aromatic heterocycles. The molecule has 2 heterocycles. The van der Waals surface area contributed by atoms with E-state index in [-0.39, 0.29) is 5.56 Å². The maximum absolute atomic E-state index is 11.1. The Morgan fingerprint density at radius 1 is 1.19 bits per heavy atom. The Kier molecular flexibility index (Phi) is 3.31. The molecule has 1 unspecified atom stereocenters. The maximum atomic E-state index is 11.1. The van der Waals surface area contributed by atoms with Gasteiger partial charge in [-0.3, -0.25) is 4.79 Å². The summed E-state index contributed by atoms with van der Waals surface area (Å²) in [4.78, 5) is 18.5. The third-order valence-electron chi connectivity index (χ3n) is 3.60. The fourth-order valence-electron chi connectivity index (χ4n) is 2.40. The van der Waals surface area contributed by atoms with Gasteiger partial charge in [0, 0.05) is 23.2 Å². The molecule has 3 rings (SSSR count). The highest BCUT2D eigenvalue weighted by Gasteiger charge is 2.08. The van der Waals surface area contributed by atoms with Gasteiger partial charge in [0.25, 0.3) is 0 Å². The Labute approximate surface area is 122 Å². The predicted molar refractivity (Wildman–Crippen MR) is 83.2 cm³/mol. The molecule has 21 heavy (non-hydrogen) atoms. The highest BCUT2D eigenvalue weighted by atomic mass is 16.3. The monoisotopic (exact) mass is 280 g/mol. The molecule has 1 aromatic carbocycles. The van der Waals surface area contributed by atoms with Gasteiger partial charge < -0.3 is 10.1 Å². The lowest BCUT2D eigenvalue weighted by Crippen LogP contribution is -2.02. The molecule has 4 heteroatoms. The summed E-state index contributed by atoms with van der Waals surface area (Å²) in [6, 6.07) is 11.0. The summed E-state index contributed by atoms with van der Waals surface area (Å²) in [6.45, 7) is 3.76. The van der Waals surface area contributed by atoms with Crippen LogP contribution in [0.5, 0.6) is 0 Å². The van der Waals surface area contributed by atoms with Gasteiger partial charge in [0.05, 0.1) is 17.3 Å². The third-order valence-corrected chi connectivity index (χ3v) is 3.60. The van der Waals surface area contributed by atoms with E-state index in [4.69, 9.17) is 0 Å². The van der Waals surface area contributed by atoms with Crippen molar-refractivity contribution in [3.63, 3.8) is 0 Å². The van der Waals surface area contributed by atoms with E-state index >= 15 is 0 Å². The average molecular weight is 280 g/mol. The minimum Gasteiger partial charge on any atom is -0.389 e. The fourth-order valence-corrected chi connectivity index (χ4v) is 2.40. The Bertz CT molecular complexity index is 846. The van der Waals surface area contributed by atoms with Crippen molar-refractivity contribution in [2.24, 2.45) is 0 Å². The zero-order valence-electron chi connectivity index (χ0n) is 11.9. The summed E-state index contributed by atoms with van der Waals surface area (Å²) < 4.78 is 0. The number of pyridine rings is 2. The summed E-state index contributed by atoms with van der Waals surface area (Å²) in [6.07, 6.45) is 1.14. The molecule has 0 aliphatic carbocycles. The molecular formula is C17H16N2O2. The summed E-state index contributed by atoms with van der Waals surface area (Å²) in [5, 5.41) is 10.8. The molecule has 0 aliphatic rings. The molecule has 106 valence electrons. The van der Waals surface area contributed by atoms with Crippen molar-refractivity contribution < 1.29 is 5.11 Å². The smallest absolute Gasteiger partial charge is 0.247 e. The van der Waals surface area contributed by atoms with Gasteiger partial charge in [-0.1, -0.05) is 12.1 Å². The quantitative estimate of drug-likeness (QED) is 0.758. The minimum absolute atomic E-state index is 0.132. The molecule has 0 bridgehead atoms. The molecule has 0 aliphatic heterocycles. The second-order valence-corrected chi connectivity index (χ2v) is 5.22. The van der Waals surface area contributed by atoms with Crippen molar-refractivity contribution in [3.05, 3.63) is 64.1 Å². The maximum Gasteiger partial charge on any atom is 0.247 e. The van der Waals surface area contributed by atoms with Gasteiger partial charge in [-0.15, -0.1) is 0 Å². The van der Waals surface area contributed by atoms with Gasteiger partial charge in [-0.2, -0.15) is 0 Å². The molecule has 0 saturated heterocycles. The lowest BCUT2D eigenvalue weighted by molar-refractivity contribution is 0.199. The van der Waals surface area contributed by atoms with Gasteiger partial charge in [0.1, 0.15) is 0 Å². The lowest BCUT2D eigenvalue weighted by Gasteiger charge is -2.10. The summed E-state index contributed by atoms with van der Waals surface area (Å²) >= 11 is 0. The lowest BCUT2D eigenvalue weighted by atomic mass is 10.0. The van der Waals surface area contributed by atoms with Crippen LogP contribution in [-0.2, 0) is 0 Å². The molecule has 0 radical (unpaired) electrons. The second-order valence-electron chi connectivity index (χ2n) is 5.22. The number of fused-ring (bicyclic) bond motifs is 1. The van der Waals surface area contributed by atoms with E-state index in [1.807, 2.05) is 31.2 Å². The van der Waals surface area contributed by atoms with Crippen LogP contribution in [0.15, 0.2) is 47.4 Å². The molecule has 1 atom stereocenters. The zero-order valence-corrected chi connectivity index (χ0v) is 11.9. The minimum atomic E-state index is -0.520. The Morgan fingerprint density at radius 2 is 2.00 bits per heavy atom. The highest BCUT2D eigenvalue weighted by Crippen LogP contribution is 2.26. The van der Waals surface area contributed by atoms with E-state index in [0.29, 0.717) is 0 Å². The summed E-state index contributed by atoms with van der Waals surface area (Å²) in [5.74, 6) is 0. The average Bonchev–Trinajstić information content (AvgIpc) is 2.47. The molecule has 2 N–H and O–H groups in total. The van der Waals surface area contributed by atoms with E-state index in [1.165, 1.54) is 6.07 Å². The number of H-pyrrole nitrogens is 1.